The molecule has 2 atom stereocenters. The number of carbonyl (C=O) groups is 1. The predicted molar refractivity (Wildman–Crippen MR) is 97.9 cm³/mol. The van der Waals surface area contributed by atoms with Crippen molar-refractivity contribution in [3.8, 4) is 11.3 Å². The summed E-state index contributed by atoms with van der Waals surface area (Å²) in [4.78, 5) is 17.9. The first kappa shape index (κ1) is 17.3. The molecule has 1 aliphatic rings. The molecule has 0 unspecified atom stereocenters. The number of piperidine rings is 1. The molecule has 0 radical (unpaired) electrons. The molecular formula is C18H19FN6O2. The van der Waals surface area contributed by atoms with Crippen molar-refractivity contribution in [3.05, 3.63) is 36.4 Å². The molecule has 2 aromatic heterocycles. The number of nitrogens with zero attached hydrogens (tertiary/aromatic N) is 4. The van der Waals surface area contributed by atoms with E-state index in [1.807, 2.05) is 18.2 Å². The minimum atomic E-state index is -1.22. The van der Waals surface area contributed by atoms with Crippen LogP contribution in [-0.4, -0.2) is 51.4 Å². The van der Waals surface area contributed by atoms with Crippen molar-refractivity contribution in [1.29, 1.82) is 0 Å². The van der Waals surface area contributed by atoms with Gasteiger partial charge in [-0.25, -0.2) is 14.2 Å². The summed E-state index contributed by atoms with van der Waals surface area (Å²) < 4.78 is 19.3. The molecule has 1 saturated heterocycles. The van der Waals surface area contributed by atoms with E-state index in [-0.39, 0.29) is 6.54 Å². The molecule has 8 nitrogen and oxygen atoms in total. The normalized spacial score (nSPS) is 20.0. The van der Waals surface area contributed by atoms with Crippen LogP contribution in [0.1, 0.15) is 12.3 Å². The van der Waals surface area contributed by atoms with Gasteiger partial charge in [0.25, 0.3) is 0 Å². The molecule has 2 amide bonds. The fourth-order valence-electron chi connectivity index (χ4n) is 3.05. The van der Waals surface area contributed by atoms with Crippen LogP contribution in [0.25, 0.3) is 22.2 Å². The maximum absolute atomic E-state index is 13.8. The van der Waals surface area contributed by atoms with Crippen LogP contribution < -0.4 is 11.1 Å². The second-order valence-corrected chi connectivity index (χ2v) is 6.59. The lowest BCUT2D eigenvalue weighted by atomic mass is 10.0. The third kappa shape index (κ3) is 3.59. The molecule has 3 aromatic rings. The lowest BCUT2D eigenvalue weighted by molar-refractivity contribution is 0.137. The molecular weight excluding hydrogens is 351 g/mol. The van der Waals surface area contributed by atoms with E-state index in [1.165, 1.54) is 4.90 Å². The van der Waals surface area contributed by atoms with Crippen LogP contribution in [0.4, 0.5) is 15.0 Å². The third-order valence-electron chi connectivity index (χ3n) is 4.60. The number of aromatic nitrogens is 3. The quantitative estimate of drug-likeness (QED) is 0.717. The summed E-state index contributed by atoms with van der Waals surface area (Å²) in [6.07, 6.45) is 0.861. The Labute approximate surface area is 154 Å². The molecule has 0 aliphatic carbocycles. The van der Waals surface area contributed by atoms with E-state index in [2.05, 4.69) is 20.5 Å². The van der Waals surface area contributed by atoms with Crippen molar-refractivity contribution in [1.82, 2.24) is 20.1 Å². The number of hydrogen-bond acceptors (Lipinski definition) is 6. The number of aryl methyl sites for hydroxylation is 1. The topological polar surface area (TPSA) is 110 Å². The summed E-state index contributed by atoms with van der Waals surface area (Å²) >= 11 is 0. The largest absolute Gasteiger partial charge is 0.441 e. The van der Waals surface area contributed by atoms with Gasteiger partial charge in [0.15, 0.2) is 17.5 Å². The monoisotopic (exact) mass is 370 g/mol. The highest BCUT2D eigenvalue weighted by Crippen LogP contribution is 2.25. The van der Waals surface area contributed by atoms with Crippen molar-refractivity contribution in [3.63, 3.8) is 0 Å². The maximum atomic E-state index is 13.8. The summed E-state index contributed by atoms with van der Waals surface area (Å²) in [5, 5.41) is 11.6. The maximum Gasteiger partial charge on any atom is 0.323 e. The summed E-state index contributed by atoms with van der Waals surface area (Å²) in [6.45, 7) is 2.16. The van der Waals surface area contributed by atoms with Crippen LogP contribution in [0, 0.1) is 6.92 Å². The van der Waals surface area contributed by atoms with Gasteiger partial charge in [-0.05, 0) is 30.7 Å². The number of halogens is 1. The highest BCUT2D eigenvalue weighted by Gasteiger charge is 2.29. The molecule has 27 heavy (non-hydrogen) atoms. The number of alkyl halides is 1. The molecule has 3 heterocycles. The van der Waals surface area contributed by atoms with Crippen LogP contribution in [0.3, 0.4) is 0 Å². The number of rotatable bonds is 2. The van der Waals surface area contributed by atoms with Crippen LogP contribution in [0.15, 0.2) is 34.9 Å². The Bertz CT molecular complexity index is 991. The number of nitrogens with two attached hydrogens (primary N) is 1. The lowest BCUT2D eigenvalue weighted by Gasteiger charge is -2.32. The van der Waals surface area contributed by atoms with Gasteiger partial charge in [-0.3, -0.25) is 5.32 Å². The number of anilines is 1. The number of likely N-dealkylation sites (tertiary alicyclic amines) is 1. The van der Waals surface area contributed by atoms with Gasteiger partial charge >= 0.3 is 6.03 Å². The van der Waals surface area contributed by atoms with Crippen molar-refractivity contribution >= 4 is 22.8 Å². The Hall–Kier alpha value is -3.07. The highest BCUT2D eigenvalue weighted by atomic mass is 19.1. The van der Waals surface area contributed by atoms with Gasteiger partial charge in [0.05, 0.1) is 18.3 Å². The van der Waals surface area contributed by atoms with Crippen molar-refractivity contribution < 1.29 is 13.6 Å². The van der Waals surface area contributed by atoms with Crippen LogP contribution >= 0.6 is 0 Å². The van der Waals surface area contributed by atoms with E-state index in [9.17, 15) is 9.18 Å². The molecule has 1 fully saturated rings. The zero-order valence-corrected chi connectivity index (χ0v) is 14.7. The number of amides is 2. The molecule has 3 N–H and O–H groups in total. The zero-order valence-electron chi connectivity index (χ0n) is 14.7. The molecule has 0 saturated carbocycles. The summed E-state index contributed by atoms with van der Waals surface area (Å²) in [7, 11) is 0. The molecule has 4 rings (SSSR count). The van der Waals surface area contributed by atoms with Gasteiger partial charge in [0, 0.05) is 30.5 Å². The molecule has 1 aromatic carbocycles. The zero-order chi connectivity index (χ0) is 19.0. The number of nitrogens with one attached hydrogen (secondary N) is 1. The van der Waals surface area contributed by atoms with Crippen LogP contribution in [0.2, 0.25) is 0 Å². The van der Waals surface area contributed by atoms with Gasteiger partial charge in [-0.1, -0.05) is 0 Å². The Morgan fingerprint density at radius 3 is 2.96 bits per heavy atom. The number of fused-ring (bicyclic) bond motifs is 1. The average molecular weight is 370 g/mol. The SMILES string of the molecule is Cc1ncc(-c2ccc3nnc(NC(=O)N4CC[C@H](N)[C@@H](F)C4)cc3c2)o1. The minimum Gasteiger partial charge on any atom is -0.441 e. The Morgan fingerprint density at radius 1 is 1.37 bits per heavy atom. The van der Waals surface area contributed by atoms with E-state index in [0.29, 0.717) is 36.0 Å². The number of benzene rings is 1. The highest BCUT2D eigenvalue weighted by molar-refractivity contribution is 5.91. The first-order chi connectivity index (χ1) is 13.0. The molecule has 1 aliphatic heterocycles. The van der Waals surface area contributed by atoms with Crippen LogP contribution in [0.5, 0.6) is 0 Å². The Kier molecular flexibility index (Phi) is 4.44. The van der Waals surface area contributed by atoms with Crippen molar-refractivity contribution in [2.75, 3.05) is 18.4 Å². The Balaban J connectivity index is 1.54. The predicted octanol–water partition coefficient (Wildman–Crippen LogP) is 2.50. The summed E-state index contributed by atoms with van der Waals surface area (Å²) in [6, 6.07) is 6.36. The van der Waals surface area contributed by atoms with Crippen LogP contribution in [-0.2, 0) is 0 Å². The first-order valence-electron chi connectivity index (χ1n) is 8.65. The average Bonchev–Trinajstić information content (AvgIpc) is 3.09. The number of oxazole rings is 1. The number of urea groups is 1. The first-order valence-corrected chi connectivity index (χ1v) is 8.65. The van der Waals surface area contributed by atoms with Gasteiger partial charge < -0.3 is 15.1 Å². The van der Waals surface area contributed by atoms with Crippen molar-refractivity contribution in [2.45, 2.75) is 25.6 Å². The lowest BCUT2D eigenvalue weighted by Crippen LogP contribution is -2.51. The molecule has 0 bridgehead atoms. The van der Waals surface area contributed by atoms with E-state index >= 15 is 0 Å². The summed E-state index contributed by atoms with van der Waals surface area (Å²) in [5.74, 6) is 1.53. The fraction of sp³-hybridized carbons (Fsp3) is 0.333. The molecule has 0 spiro atoms. The van der Waals surface area contributed by atoms with E-state index in [0.717, 1.165) is 10.9 Å². The third-order valence-corrected chi connectivity index (χ3v) is 4.60. The smallest absolute Gasteiger partial charge is 0.323 e. The van der Waals surface area contributed by atoms with E-state index < -0.39 is 18.2 Å². The molecule has 140 valence electrons. The standard InChI is InChI=1S/C18H19FN6O2/c1-10-21-8-16(27-10)11-2-3-15-12(6-11)7-17(24-23-15)22-18(26)25-5-4-14(20)13(19)9-25/h2-3,6-8,13-14H,4-5,9,20H2,1H3,(H,22,24,26)/t13-,14-/m0/s1. The number of hydrogen-bond donors (Lipinski definition) is 2. The number of carbonyl (C=O) groups excluding carboxylic acids is 1. The minimum absolute atomic E-state index is 0.0248. The van der Waals surface area contributed by atoms with Gasteiger partial charge in [-0.15, -0.1) is 10.2 Å². The summed E-state index contributed by atoms with van der Waals surface area (Å²) in [5.41, 5.74) is 7.18. The fourth-order valence-corrected chi connectivity index (χ4v) is 3.05. The molecule has 9 heteroatoms. The van der Waals surface area contributed by atoms with E-state index in [1.54, 1.807) is 19.2 Å². The van der Waals surface area contributed by atoms with Gasteiger partial charge in [0.2, 0.25) is 0 Å². The van der Waals surface area contributed by atoms with Gasteiger partial charge in [-0.2, -0.15) is 0 Å². The van der Waals surface area contributed by atoms with Gasteiger partial charge in [0.1, 0.15) is 6.17 Å². The second-order valence-electron chi connectivity index (χ2n) is 6.59. The second kappa shape index (κ2) is 6.92. The van der Waals surface area contributed by atoms with E-state index in [4.69, 9.17) is 10.2 Å². The van der Waals surface area contributed by atoms with Crippen molar-refractivity contribution in [2.24, 2.45) is 5.73 Å². The Morgan fingerprint density at radius 2 is 2.22 bits per heavy atom.